The van der Waals surface area contributed by atoms with E-state index in [-0.39, 0.29) is 5.82 Å². The van der Waals surface area contributed by atoms with Crippen molar-refractivity contribution in [1.29, 1.82) is 0 Å². The molecule has 2 aromatic carbocycles. The topological polar surface area (TPSA) is 28.7 Å². The molecule has 0 radical (unpaired) electrons. The molecule has 1 aromatic heterocycles. The molecule has 0 spiro atoms. The van der Waals surface area contributed by atoms with Crippen molar-refractivity contribution in [2.24, 2.45) is 0 Å². The molecule has 3 rings (SSSR count). The van der Waals surface area contributed by atoms with Crippen molar-refractivity contribution in [2.45, 2.75) is 19.8 Å². The number of hydrogen-bond donors (Lipinski definition) is 1. The monoisotopic (exact) mass is 254 g/mol. The molecule has 0 aliphatic heterocycles. The summed E-state index contributed by atoms with van der Waals surface area (Å²) in [6, 6.07) is 12.5. The van der Waals surface area contributed by atoms with Crippen LogP contribution in [-0.2, 0) is 0 Å². The van der Waals surface area contributed by atoms with Gasteiger partial charge in [-0.3, -0.25) is 0 Å². The van der Waals surface area contributed by atoms with Gasteiger partial charge in [0.05, 0.1) is 11.0 Å². The van der Waals surface area contributed by atoms with Crippen molar-refractivity contribution >= 4 is 11.0 Å². The Labute approximate surface area is 111 Å². The van der Waals surface area contributed by atoms with Gasteiger partial charge in [0.1, 0.15) is 11.6 Å². The molecule has 0 unspecified atom stereocenters. The molecule has 1 heterocycles. The molecule has 0 saturated carbocycles. The quantitative estimate of drug-likeness (QED) is 0.717. The van der Waals surface area contributed by atoms with Crippen molar-refractivity contribution < 1.29 is 4.39 Å². The van der Waals surface area contributed by atoms with Gasteiger partial charge in [0.15, 0.2) is 0 Å². The standard InChI is InChI=1S/C16H15FN2/c1-10(2)16-18-14-5-3-4-13(15(14)19-16)11-6-8-12(17)9-7-11/h3-10H,1-2H3,(H,18,19). The molecule has 1 N–H and O–H groups in total. The third-order valence-corrected chi connectivity index (χ3v) is 3.23. The number of nitrogens with one attached hydrogen (secondary N) is 1. The van der Waals surface area contributed by atoms with Gasteiger partial charge in [-0.2, -0.15) is 0 Å². The van der Waals surface area contributed by atoms with Crippen molar-refractivity contribution in [1.82, 2.24) is 9.97 Å². The lowest BCUT2D eigenvalue weighted by atomic mass is 10.0. The maximum atomic E-state index is 13.0. The van der Waals surface area contributed by atoms with E-state index < -0.39 is 0 Å². The average Bonchev–Trinajstić information content (AvgIpc) is 2.83. The van der Waals surface area contributed by atoms with Gasteiger partial charge < -0.3 is 4.98 Å². The number of benzene rings is 2. The van der Waals surface area contributed by atoms with Crippen LogP contribution in [-0.4, -0.2) is 9.97 Å². The largest absolute Gasteiger partial charge is 0.342 e. The first-order chi connectivity index (χ1) is 9.15. The lowest BCUT2D eigenvalue weighted by molar-refractivity contribution is 0.628. The molecule has 0 aliphatic carbocycles. The Hall–Kier alpha value is -2.16. The van der Waals surface area contributed by atoms with E-state index in [4.69, 9.17) is 0 Å². The maximum absolute atomic E-state index is 13.0. The third-order valence-electron chi connectivity index (χ3n) is 3.23. The average molecular weight is 254 g/mol. The Balaban J connectivity index is 2.20. The number of rotatable bonds is 2. The number of aromatic nitrogens is 2. The molecular weight excluding hydrogens is 239 g/mol. The second-order valence-electron chi connectivity index (χ2n) is 4.99. The molecule has 96 valence electrons. The normalized spacial score (nSPS) is 11.4. The number of para-hydroxylation sites is 1. The van der Waals surface area contributed by atoms with E-state index in [1.54, 1.807) is 12.1 Å². The van der Waals surface area contributed by atoms with Gasteiger partial charge in [-0.1, -0.05) is 38.1 Å². The summed E-state index contributed by atoms with van der Waals surface area (Å²) in [6.45, 7) is 4.21. The second-order valence-corrected chi connectivity index (χ2v) is 4.99. The third kappa shape index (κ3) is 2.12. The van der Waals surface area contributed by atoms with E-state index in [9.17, 15) is 4.39 Å². The molecule has 0 aliphatic rings. The molecule has 0 atom stereocenters. The van der Waals surface area contributed by atoms with Gasteiger partial charge in [0.25, 0.3) is 0 Å². The molecule has 0 bridgehead atoms. The first-order valence-corrected chi connectivity index (χ1v) is 6.39. The number of aromatic amines is 1. The highest BCUT2D eigenvalue weighted by Gasteiger charge is 2.10. The number of hydrogen-bond acceptors (Lipinski definition) is 1. The van der Waals surface area contributed by atoms with Crippen LogP contribution in [0.3, 0.4) is 0 Å². The number of fused-ring (bicyclic) bond motifs is 1. The Kier molecular flexibility index (Phi) is 2.82. The van der Waals surface area contributed by atoms with Crippen LogP contribution >= 0.6 is 0 Å². The van der Waals surface area contributed by atoms with E-state index >= 15 is 0 Å². The Morgan fingerprint density at radius 2 is 1.79 bits per heavy atom. The summed E-state index contributed by atoms with van der Waals surface area (Å²) in [6.07, 6.45) is 0. The lowest BCUT2D eigenvalue weighted by Crippen LogP contribution is -1.88. The molecule has 0 saturated heterocycles. The molecule has 3 heteroatoms. The van der Waals surface area contributed by atoms with Crippen LogP contribution < -0.4 is 0 Å². The smallest absolute Gasteiger partial charge is 0.123 e. The van der Waals surface area contributed by atoms with Crippen LogP contribution in [0, 0.1) is 5.82 Å². The summed E-state index contributed by atoms with van der Waals surface area (Å²) in [5.74, 6) is 1.11. The zero-order valence-electron chi connectivity index (χ0n) is 10.9. The van der Waals surface area contributed by atoms with Crippen molar-refractivity contribution in [3.05, 3.63) is 54.1 Å². The van der Waals surface area contributed by atoms with Gasteiger partial charge in [-0.05, 0) is 23.8 Å². The number of imidazole rings is 1. The van der Waals surface area contributed by atoms with Gasteiger partial charge in [0, 0.05) is 11.5 Å². The van der Waals surface area contributed by atoms with E-state index in [0.29, 0.717) is 5.92 Å². The van der Waals surface area contributed by atoms with Crippen LogP contribution in [0.2, 0.25) is 0 Å². The summed E-state index contributed by atoms with van der Waals surface area (Å²) < 4.78 is 13.0. The van der Waals surface area contributed by atoms with Crippen LogP contribution in [0.1, 0.15) is 25.6 Å². The fraction of sp³-hybridized carbons (Fsp3) is 0.188. The first kappa shape index (κ1) is 11.9. The molecular formula is C16H15FN2. The number of H-pyrrole nitrogens is 1. The lowest BCUT2D eigenvalue weighted by Gasteiger charge is -2.02. The predicted octanol–water partition coefficient (Wildman–Crippen LogP) is 4.49. The second kappa shape index (κ2) is 4.50. The number of halogens is 1. The van der Waals surface area contributed by atoms with E-state index in [1.807, 2.05) is 18.2 Å². The van der Waals surface area contributed by atoms with Crippen LogP contribution in [0.5, 0.6) is 0 Å². The summed E-state index contributed by atoms with van der Waals surface area (Å²) >= 11 is 0. The van der Waals surface area contributed by atoms with Crippen molar-refractivity contribution in [3.8, 4) is 11.1 Å². The van der Waals surface area contributed by atoms with E-state index in [0.717, 1.165) is 28.0 Å². The summed E-state index contributed by atoms with van der Waals surface area (Å²) in [7, 11) is 0. The van der Waals surface area contributed by atoms with E-state index in [2.05, 4.69) is 23.8 Å². The SMILES string of the molecule is CC(C)c1nc2c(-c3ccc(F)cc3)cccc2[nH]1. The van der Waals surface area contributed by atoms with Gasteiger partial charge in [0.2, 0.25) is 0 Å². The fourth-order valence-corrected chi connectivity index (χ4v) is 2.19. The van der Waals surface area contributed by atoms with Crippen LogP contribution in [0.25, 0.3) is 22.2 Å². The predicted molar refractivity (Wildman–Crippen MR) is 75.6 cm³/mol. The Bertz CT molecular complexity index is 711. The minimum atomic E-state index is -0.221. The molecule has 0 fully saturated rings. The molecule has 19 heavy (non-hydrogen) atoms. The Morgan fingerprint density at radius 3 is 2.47 bits per heavy atom. The van der Waals surface area contributed by atoms with E-state index in [1.165, 1.54) is 12.1 Å². The molecule has 0 amide bonds. The molecule has 2 nitrogen and oxygen atoms in total. The zero-order chi connectivity index (χ0) is 13.4. The molecule has 3 aromatic rings. The summed E-state index contributed by atoms with van der Waals surface area (Å²) in [5.41, 5.74) is 3.97. The highest BCUT2D eigenvalue weighted by Crippen LogP contribution is 2.28. The first-order valence-electron chi connectivity index (χ1n) is 6.39. The van der Waals surface area contributed by atoms with Gasteiger partial charge in [-0.15, -0.1) is 0 Å². The van der Waals surface area contributed by atoms with Gasteiger partial charge in [-0.25, -0.2) is 9.37 Å². The minimum absolute atomic E-state index is 0.221. The van der Waals surface area contributed by atoms with Crippen LogP contribution in [0.15, 0.2) is 42.5 Å². The maximum Gasteiger partial charge on any atom is 0.123 e. The zero-order valence-corrected chi connectivity index (χ0v) is 10.9. The number of nitrogens with zero attached hydrogens (tertiary/aromatic N) is 1. The minimum Gasteiger partial charge on any atom is -0.342 e. The Morgan fingerprint density at radius 1 is 1.05 bits per heavy atom. The summed E-state index contributed by atoms with van der Waals surface area (Å²) in [4.78, 5) is 7.99. The van der Waals surface area contributed by atoms with Gasteiger partial charge >= 0.3 is 0 Å². The summed E-state index contributed by atoms with van der Waals surface area (Å²) in [5, 5.41) is 0. The van der Waals surface area contributed by atoms with Crippen molar-refractivity contribution in [2.75, 3.05) is 0 Å². The fourth-order valence-electron chi connectivity index (χ4n) is 2.19. The highest BCUT2D eigenvalue weighted by atomic mass is 19.1. The highest BCUT2D eigenvalue weighted by molar-refractivity contribution is 5.92. The van der Waals surface area contributed by atoms with Crippen LogP contribution in [0.4, 0.5) is 4.39 Å². The van der Waals surface area contributed by atoms with Crippen molar-refractivity contribution in [3.63, 3.8) is 0 Å².